The molecule has 1 aromatic heterocycles. The third kappa shape index (κ3) is 4.32. The van der Waals surface area contributed by atoms with Crippen LogP contribution in [0.4, 0.5) is 11.4 Å². The van der Waals surface area contributed by atoms with Gasteiger partial charge in [-0.05, 0) is 31.0 Å². The smallest absolute Gasteiger partial charge is 0.282 e. The molecule has 0 aliphatic carbocycles. The second-order valence-electron chi connectivity index (χ2n) is 5.75. The number of nitro groups is 1. The molecule has 1 amide bonds. The molecule has 1 heterocycles. The van der Waals surface area contributed by atoms with Crippen LogP contribution in [0.5, 0.6) is 0 Å². The number of nitrogens with one attached hydrogen (secondary N) is 1. The monoisotopic (exact) mass is 384 g/mol. The molecule has 0 saturated carbocycles. The first-order chi connectivity index (χ1) is 13.0. The first kappa shape index (κ1) is 18.6. The number of benzene rings is 2. The summed E-state index contributed by atoms with van der Waals surface area (Å²) < 4.78 is 5.46. The van der Waals surface area contributed by atoms with Crippen molar-refractivity contribution in [2.24, 2.45) is 0 Å². The average molecular weight is 384 g/mol. The minimum Gasteiger partial charge on any atom is -0.411 e. The summed E-state index contributed by atoms with van der Waals surface area (Å²) >= 11 is 1.07. The minimum atomic E-state index is -0.510. The van der Waals surface area contributed by atoms with Gasteiger partial charge in [0.2, 0.25) is 5.91 Å². The zero-order chi connectivity index (χ0) is 19.4. The second-order valence-corrected chi connectivity index (χ2v) is 6.68. The van der Waals surface area contributed by atoms with Crippen LogP contribution in [-0.2, 0) is 4.79 Å². The number of nitro benzene ring substituents is 1. The minimum absolute atomic E-state index is 0.0416. The van der Waals surface area contributed by atoms with Gasteiger partial charge >= 0.3 is 0 Å². The van der Waals surface area contributed by atoms with Crippen molar-refractivity contribution in [2.45, 2.75) is 19.1 Å². The molecule has 0 atom stereocenters. The summed E-state index contributed by atoms with van der Waals surface area (Å²) in [6.45, 7) is 3.85. The van der Waals surface area contributed by atoms with E-state index in [0.29, 0.717) is 0 Å². The van der Waals surface area contributed by atoms with Crippen LogP contribution in [0.2, 0.25) is 0 Å². The summed E-state index contributed by atoms with van der Waals surface area (Å²) in [5.41, 5.74) is 2.86. The number of aryl methyl sites for hydroxylation is 2. The average Bonchev–Trinajstić information content (AvgIpc) is 3.12. The number of nitrogens with zero attached hydrogens (tertiary/aromatic N) is 3. The van der Waals surface area contributed by atoms with Crippen LogP contribution < -0.4 is 5.32 Å². The van der Waals surface area contributed by atoms with E-state index in [9.17, 15) is 14.9 Å². The van der Waals surface area contributed by atoms with Gasteiger partial charge in [-0.15, -0.1) is 10.2 Å². The van der Waals surface area contributed by atoms with Crippen LogP contribution in [0, 0.1) is 24.0 Å². The van der Waals surface area contributed by atoms with Gasteiger partial charge in [0.1, 0.15) is 5.56 Å². The van der Waals surface area contributed by atoms with Crippen molar-refractivity contribution in [1.29, 1.82) is 0 Å². The molecule has 27 heavy (non-hydrogen) atoms. The van der Waals surface area contributed by atoms with Gasteiger partial charge < -0.3 is 9.73 Å². The van der Waals surface area contributed by atoms with E-state index in [2.05, 4.69) is 15.5 Å². The highest BCUT2D eigenvalue weighted by Gasteiger charge is 2.20. The van der Waals surface area contributed by atoms with Crippen molar-refractivity contribution < 1.29 is 14.1 Å². The molecule has 0 fully saturated rings. The zero-order valence-electron chi connectivity index (χ0n) is 14.6. The van der Waals surface area contributed by atoms with Crippen molar-refractivity contribution in [3.63, 3.8) is 0 Å². The molecule has 0 aliphatic rings. The summed E-state index contributed by atoms with van der Waals surface area (Å²) in [4.78, 5) is 22.8. The first-order valence-electron chi connectivity index (χ1n) is 8.02. The predicted molar refractivity (Wildman–Crippen MR) is 102 cm³/mol. The molecule has 0 radical (unpaired) electrons. The first-order valence-corrected chi connectivity index (χ1v) is 9.00. The van der Waals surface area contributed by atoms with Crippen molar-refractivity contribution in [2.75, 3.05) is 11.1 Å². The number of anilines is 1. The number of amides is 1. The topological polar surface area (TPSA) is 111 Å². The predicted octanol–water partition coefficient (Wildman–Crippen LogP) is 3.99. The van der Waals surface area contributed by atoms with Gasteiger partial charge in [-0.2, -0.15) is 0 Å². The largest absolute Gasteiger partial charge is 0.411 e. The standard InChI is InChI=1S/C18H16N4O4S/c1-11-6-5-7-12(2)16(11)19-15(23)10-27-18-21-20-17(26-18)13-8-3-4-9-14(13)22(24)25/h3-9H,10H2,1-2H3,(H,19,23). The lowest BCUT2D eigenvalue weighted by Crippen LogP contribution is -2.15. The Morgan fingerprint density at radius 3 is 2.56 bits per heavy atom. The molecule has 0 bridgehead atoms. The normalized spacial score (nSPS) is 10.6. The van der Waals surface area contributed by atoms with E-state index >= 15 is 0 Å². The molecule has 8 nitrogen and oxygen atoms in total. The number of aromatic nitrogens is 2. The molecule has 0 aliphatic heterocycles. The van der Waals surface area contributed by atoms with E-state index in [-0.39, 0.29) is 34.0 Å². The number of thioether (sulfide) groups is 1. The quantitative estimate of drug-likeness (QED) is 0.388. The molecule has 0 saturated heterocycles. The number of carbonyl (C=O) groups is 1. The highest BCUT2D eigenvalue weighted by Crippen LogP contribution is 2.30. The van der Waals surface area contributed by atoms with Gasteiger partial charge in [-0.25, -0.2) is 0 Å². The maximum atomic E-state index is 12.2. The fourth-order valence-corrected chi connectivity index (χ4v) is 3.07. The molecule has 1 N–H and O–H groups in total. The van der Waals surface area contributed by atoms with Crippen molar-refractivity contribution in [3.8, 4) is 11.5 Å². The molecule has 2 aromatic carbocycles. The van der Waals surface area contributed by atoms with Crippen LogP contribution in [0.3, 0.4) is 0 Å². The zero-order valence-corrected chi connectivity index (χ0v) is 15.4. The molecular formula is C18H16N4O4S. The number of para-hydroxylation sites is 2. The third-order valence-electron chi connectivity index (χ3n) is 3.81. The molecule has 3 rings (SSSR count). The van der Waals surface area contributed by atoms with E-state index in [1.165, 1.54) is 12.1 Å². The molecule has 3 aromatic rings. The van der Waals surface area contributed by atoms with Crippen molar-refractivity contribution >= 4 is 29.0 Å². The van der Waals surface area contributed by atoms with Gasteiger partial charge in [0.25, 0.3) is 16.8 Å². The Balaban J connectivity index is 1.67. The van der Waals surface area contributed by atoms with Crippen molar-refractivity contribution in [3.05, 3.63) is 63.7 Å². The number of hydrogen-bond acceptors (Lipinski definition) is 7. The Morgan fingerprint density at radius 1 is 1.15 bits per heavy atom. The lowest BCUT2D eigenvalue weighted by molar-refractivity contribution is -0.384. The van der Waals surface area contributed by atoms with Crippen LogP contribution >= 0.6 is 11.8 Å². The Hall–Kier alpha value is -3.20. The van der Waals surface area contributed by atoms with E-state index < -0.39 is 4.92 Å². The van der Waals surface area contributed by atoms with Crippen molar-refractivity contribution in [1.82, 2.24) is 10.2 Å². The fraction of sp³-hybridized carbons (Fsp3) is 0.167. The Morgan fingerprint density at radius 2 is 1.85 bits per heavy atom. The van der Waals surface area contributed by atoms with E-state index in [0.717, 1.165) is 28.6 Å². The fourth-order valence-electron chi connectivity index (χ4n) is 2.51. The summed E-state index contributed by atoms with van der Waals surface area (Å²) in [6, 6.07) is 11.9. The van der Waals surface area contributed by atoms with Gasteiger partial charge in [0, 0.05) is 11.8 Å². The van der Waals surface area contributed by atoms with Gasteiger partial charge in [-0.1, -0.05) is 42.1 Å². The summed E-state index contributed by atoms with van der Waals surface area (Å²) in [6.07, 6.45) is 0. The molecule has 0 spiro atoms. The molecule has 9 heteroatoms. The molecule has 138 valence electrons. The lowest BCUT2D eigenvalue weighted by atomic mass is 10.1. The third-order valence-corrected chi connectivity index (χ3v) is 4.63. The number of hydrogen-bond donors (Lipinski definition) is 1. The van der Waals surface area contributed by atoms with E-state index in [1.54, 1.807) is 12.1 Å². The maximum absolute atomic E-state index is 12.2. The number of rotatable bonds is 6. The van der Waals surface area contributed by atoms with Gasteiger partial charge in [-0.3, -0.25) is 14.9 Å². The van der Waals surface area contributed by atoms with Crippen LogP contribution in [0.15, 0.2) is 52.1 Å². The van der Waals surface area contributed by atoms with Crippen LogP contribution in [-0.4, -0.2) is 26.8 Å². The highest BCUT2D eigenvalue weighted by atomic mass is 32.2. The van der Waals surface area contributed by atoms with Gasteiger partial charge in [0.15, 0.2) is 0 Å². The Kier molecular flexibility index (Phi) is 5.51. The maximum Gasteiger partial charge on any atom is 0.282 e. The SMILES string of the molecule is Cc1cccc(C)c1NC(=O)CSc1nnc(-c2ccccc2[N+](=O)[O-])o1. The molecule has 0 unspecified atom stereocenters. The summed E-state index contributed by atoms with van der Waals surface area (Å²) in [7, 11) is 0. The van der Waals surface area contributed by atoms with Gasteiger partial charge in [0.05, 0.1) is 10.7 Å². The Bertz CT molecular complexity index is 982. The summed E-state index contributed by atoms with van der Waals surface area (Å²) in [5, 5.41) is 21.8. The number of carbonyl (C=O) groups excluding carboxylic acids is 1. The lowest BCUT2D eigenvalue weighted by Gasteiger charge is -2.10. The van der Waals surface area contributed by atoms with Crippen LogP contribution in [0.1, 0.15) is 11.1 Å². The van der Waals surface area contributed by atoms with Crippen LogP contribution in [0.25, 0.3) is 11.5 Å². The Labute approximate surface area is 159 Å². The highest BCUT2D eigenvalue weighted by molar-refractivity contribution is 7.99. The van der Waals surface area contributed by atoms with E-state index in [1.807, 2.05) is 32.0 Å². The second kappa shape index (κ2) is 8.00. The molecular weight excluding hydrogens is 368 g/mol. The van der Waals surface area contributed by atoms with E-state index in [4.69, 9.17) is 4.42 Å². The summed E-state index contributed by atoms with van der Waals surface area (Å²) in [5.74, 6) is -0.0884.